The number of hydrogen-bond acceptors (Lipinski definition) is 2. The van der Waals surface area contributed by atoms with Gasteiger partial charge in [-0.05, 0) is 32.0 Å². The zero-order valence-electron chi connectivity index (χ0n) is 8.76. The number of nitrogens with one attached hydrogen (secondary N) is 1. The molecule has 1 aromatic rings. The fraction of sp³-hybridized carbons (Fsp3) is 0.455. The van der Waals surface area contributed by atoms with Crippen LogP contribution in [0.2, 0.25) is 0 Å². The Morgan fingerprint density at radius 2 is 2.14 bits per heavy atom. The minimum Gasteiger partial charge on any atom is -0.381 e. The molecule has 0 saturated carbocycles. The van der Waals surface area contributed by atoms with Gasteiger partial charge in [0.05, 0.1) is 16.9 Å². The fourth-order valence-corrected chi connectivity index (χ4v) is 2.04. The molecule has 0 spiro atoms. The second-order valence-electron chi connectivity index (χ2n) is 4.39. The summed E-state index contributed by atoms with van der Waals surface area (Å²) in [6.07, 6.45) is 0. The molecule has 14 heavy (non-hydrogen) atoms. The number of anilines is 2. The number of likely N-dealkylation sites (N-methyl/N-ethyl adjacent to an activating group) is 1. The smallest absolute Gasteiger partial charge is 0.0615 e. The van der Waals surface area contributed by atoms with E-state index in [9.17, 15) is 0 Å². The van der Waals surface area contributed by atoms with Crippen LogP contribution >= 0.6 is 15.9 Å². The Morgan fingerprint density at radius 1 is 1.43 bits per heavy atom. The molecule has 3 heteroatoms. The summed E-state index contributed by atoms with van der Waals surface area (Å²) in [4.78, 5) is 2.32. The molecular weight excluding hydrogens is 240 g/mol. The highest BCUT2D eigenvalue weighted by atomic mass is 79.9. The van der Waals surface area contributed by atoms with Gasteiger partial charge >= 0.3 is 0 Å². The van der Waals surface area contributed by atoms with Crippen molar-refractivity contribution in [3.8, 4) is 0 Å². The molecule has 1 heterocycles. The summed E-state index contributed by atoms with van der Waals surface area (Å²) in [5.74, 6) is 0. The van der Waals surface area contributed by atoms with E-state index in [1.165, 1.54) is 11.4 Å². The van der Waals surface area contributed by atoms with Gasteiger partial charge in [-0.3, -0.25) is 0 Å². The SMILES string of the molecule is CN1c2cc(Br)ccc2NCC1(C)C. The van der Waals surface area contributed by atoms with Crippen LogP contribution in [0.1, 0.15) is 13.8 Å². The molecule has 0 fully saturated rings. The van der Waals surface area contributed by atoms with Gasteiger partial charge in [0.2, 0.25) is 0 Å². The van der Waals surface area contributed by atoms with Crippen LogP contribution in [0.3, 0.4) is 0 Å². The summed E-state index contributed by atoms with van der Waals surface area (Å²) in [6.45, 7) is 5.46. The number of rotatable bonds is 0. The Balaban J connectivity index is 2.48. The zero-order chi connectivity index (χ0) is 10.3. The van der Waals surface area contributed by atoms with E-state index in [0.717, 1.165) is 11.0 Å². The summed E-state index contributed by atoms with van der Waals surface area (Å²) in [5.41, 5.74) is 2.65. The summed E-state index contributed by atoms with van der Waals surface area (Å²) in [5, 5.41) is 3.45. The van der Waals surface area contributed by atoms with Gasteiger partial charge in [0.15, 0.2) is 0 Å². The van der Waals surface area contributed by atoms with Gasteiger partial charge < -0.3 is 10.2 Å². The monoisotopic (exact) mass is 254 g/mol. The van der Waals surface area contributed by atoms with Crippen molar-refractivity contribution in [1.29, 1.82) is 0 Å². The Labute approximate surface area is 93.4 Å². The third-order valence-corrected chi connectivity index (χ3v) is 3.43. The van der Waals surface area contributed by atoms with Crippen molar-refractivity contribution >= 4 is 27.3 Å². The third-order valence-electron chi connectivity index (χ3n) is 2.94. The lowest BCUT2D eigenvalue weighted by atomic mass is 9.99. The summed E-state index contributed by atoms with van der Waals surface area (Å²) in [6, 6.07) is 6.34. The maximum atomic E-state index is 3.50. The van der Waals surface area contributed by atoms with Crippen molar-refractivity contribution in [2.24, 2.45) is 0 Å². The third kappa shape index (κ3) is 1.50. The number of fused-ring (bicyclic) bond motifs is 1. The van der Waals surface area contributed by atoms with Gasteiger partial charge in [-0.15, -0.1) is 0 Å². The highest BCUT2D eigenvalue weighted by molar-refractivity contribution is 9.10. The lowest BCUT2D eigenvalue weighted by molar-refractivity contribution is 0.502. The maximum absolute atomic E-state index is 3.50. The maximum Gasteiger partial charge on any atom is 0.0615 e. The Kier molecular flexibility index (Phi) is 2.22. The van der Waals surface area contributed by atoms with Crippen LogP contribution < -0.4 is 10.2 Å². The van der Waals surface area contributed by atoms with E-state index in [1.807, 2.05) is 0 Å². The minimum absolute atomic E-state index is 0.174. The summed E-state index contributed by atoms with van der Waals surface area (Å²) < 4.78 is 1.13. The van der Waals surface area contributed by atoms with E-state index in [-0.39, 0.29) is 5.54 Å². The molecule has 1 aromatic carbocycles. The molecule has 1 aliphatic heterocycles. The lowest BCUT2D eigenvalue weighted by Gasteiger charge is -2.43. The van der Waals surface area contributed by atoms with Crippen LogP contribution in [-0.4, -0.2) is 19.1 Å². The van der Waals surface area contributed by atoms with E-state index in [1.54, 1.807) is 0 Å². The molecule has 0 aliphatic carbocycles. The first-order valence-corrected chi connectivity index (χ1v) is 5.57. The van der Waals surface area contributed by atoms with E-state index >= 15 is 0 Å². The molecule has 1 aliphatic rings. The molecule has 76 valence electrons. The van der Waals surface area contributed by atoms with Crippen molar-refractivity contribution < 1.29 is 0 Å². The predicted molar refractivity (Wildman–Crippen MR) is 65.1 cm³/mol. The van der Waals surface area contributed by atoms with E-state index < -0.39 is 0 Å². The standard InChI is InChI=1S/C11H15BrN2/c1-11(2)7-13-9-5-4-8(12)6-10(9)14(11)3/h4-6,13H,7H2,1-3H3. The highest BCUT2D eigenvalue weighted by Gasteiger charge is 2.29. The molecule has 0 aromatic heterocycles. The molecule has 0 bridgehead atoms. The van der Waals surface area contributed by atoms with Gasteiger partial charge in [0, 0.05) is 18.1 Å². The average Bonchev–Trinajstić information content (AvgIpc) is 2.13. The van der Waals surface area contributed by atoms with Crippen molar-refractivity contribution in [3.05, 3.63) is 22.7 Å². The topological polar surface area (TPSA) is 15.3 Å². The molecular formula is C11H15BrN2. The van der Waals surface area contributed by atoms with Crippen LogP contribution in [0.5, 0.6) is 0 Å². The first-order chi connectivity index (χ1) is 6.50. The molecule has 0 atom stereocenters. The van der Waals surface area contributed by atoms with Crippen molar-refractivity contribution in [1.82, 2.24) is 0 Å². The number of benzene rings is 1. The second-order valence-corrected chi connectivity index (χ2v) is 5.30. The van der Waals surface area contributed by atoms with Crippen molar-refractivity contribution in [2.45, 2.75) is 19.4 Å². The van der Waals surface area contributed by atoms with Crippen molar-refractivity contribution in [3.63, 3.8) is 0 Å². The summed E-state index contributed by atoms with van der Waals surface area (Å²) in [7, 11) is 2.14. The lowest BCUT2D eigenvalue weighted by Crippen LogP contribution is -2.49. The fourth-order valence-electron chi connectivity index (χ4n) is 1.69. The Morgan fingerprint density at radius 3 is 2.86 bits per heavy atom. The number of halogens is 1. The summed E-state index contributed by atoms with van der Waals surface area (Å²) >= 11 is 3.50. The van der Waals surface area contributed by atoms with Crippen LogP contribution in [0.4, 0.5) is 11.4 Å². The van der Waals surface area contributed by atoms with E-state index in [4.69, 9.17) is 0 Å². The molecule has 0 unspecified atom stereocenters. The van der Waals surface area contributed by atoms with Crippen molar-refractivity contribution in [2.75, 3.05) is 23.8 Å². The van der Waals surface area contributed by atoms with E-state index in [2.05, 4.69) is 65.2 Å². The van der Waals surface area contributed by atoms with Gasteiger partial charge in [-0.1, -0.05) is 15.9 Å². The molecule has 0 radical (unpaired) electrons. The average molecular weight is 255 g/mol. The highest BCUT2D eigenvalue weighted by Crippen LogP contribution is 2.36. The van der Waals surface area contributed by atoms with E-state index in [0.29, 0.717) is 0 Å². The first-order valence-electron chi connectivity index (χ1n) is 4.78. The van der Waals surface area contributed by atoms with Gasteiger partial charge in [-0.2, -0.15) is 0 Å². The van der Waals surface area contributed by atoms with Gasteiger partial charge in [0.1, 0.15) is 0 Å². The molecule has 0 saturated heterocycles. The van der Waals surface area contributed by atoms with Crippen LogP contribution in [-0.2, 0) is 0 Å². The first kappa shape index (κ1) is 9.84. The Bertz CT molecular complexity index is 360. The van der Waals surface area contributed by atoms with Gasteiger partial charge in [-0.25, -0.2) is 0 Å². The number of hydrogen-bond donors (Lipinski definition) is 1. The molecule has 2 rings (SSSR count). The normalized spacial score (nSPS) is 18.7. The molecule has 1 N–H and O–H groups in total. The van der Waals surface area contributed by atoms with Gasteiger partial charge in [0.25, 0.3) is 0 Å². The Hall–Kier alpha value is -0.700. The van der Waals surface area contributed by atoms with Crippen LogP contribution in [0, 0.1) is 0 Å². The molecule has 2 nitrogen and oxygen atoms in total. The predicted octanol–water partition coefficient (Wildman–Crippen LogP) is 3.09. The largest absolute Gasteiger partial charge is 0.381 e. The second kappa shape index (κ2) is 3.16. The zero-order valence-corrected chi connectivity index (χ0v) is 10.4. The molecule has 0 amide bonds. The quantitative estimate of drug-likeness (QED) is 0.766. The number of nitrogens with zero attached hydrogens (tertiary/aromatic N) is 1. The van der Waals surface area contributed by atoms with Crippen LogP contribution in [0.15, 0.2) is 22.7 Å². The minimum atomic E-state index is 0.174. The van der Waals surface area contributed by atoms with Crippen LogP contribution in [0.25, 0.3) is 0 Å².